The predicted octanol–water partition coefficient (Wildman–Crippen LogP) is 3.87. The molecule has 8 nitrogen and oxygen atoms in total. The topological polar surface area (TPSA) is 103 Å². The van der Waals surface area contributed by atoms with Crippen LogP contribution in [0.5, 0.6) is 0 Å². The summed E-state index contributed by atoms with van der Waals surface area (Å²) >= 11 is 0. The van der Waals surface area contributed by atoms with Gasteiger partial charge in [-0.05, 0) is 44.2 Å². The Labute approximate surface area is 166 Å². The fourth-order valence-corrected chi connectivity index (χ4v) is 3.04. The van der Waals surface area contributed by atoms with Crippen molar-refractivity contribution >= 4 is 34.0 Å². The molecule has 0 unspecified atom stereocenters. The largest absolute Gasteiger partial charge is 0.381 e. The number of aryl methyl sites for hydroxylation is 2. The van der Waals surface area contributed by atoms with E-state index in [-0.39, 0.29) is 17.6 Å². The summed E-state index contributed by atoms with van der Waals surface area (Å²) in [7, 11) is 1.53. The van der Waals surface area contributed by atoms with Crippen molar-refractivity contribution in [2.24, 2.45) is 0 Å². The number of imidazole rings is 1. The summed E-state index contributed by atoms with van der Waals surface area (Å²) in [6.07, 6.45) is 0. The fourth-order valence-electron chi connectivity index (χ4n) is 3.04. The lowest BCUT2D eigenvalue weighted by molar-refractivity contribution is 0.271. The first-order valence-electron chi connectivity index (χ1n) is 8.91. The minimum Gasteiger partial charge on any atom is -0.381 e. The Balaban J connectivity index is 1.80. The van der Waals surface area contributed by atoms with Crippen LogP contribution in [0.15, 0.2) is 42.5 Å². The smallest absolute Gasteiger partial charge is 0.239 e. The molecule has 9 heteroatoms. The summed E-state index contributed by atoms with van der Waals surface area (Å²) in [5, 5.41) is 2.97. The van der Waals surface area contributed by atoms with Crippen LogP contribution in [0.4, 0.5) is 27.4 Å². The summed E-state index contributed by atoms with van der Waals surface area (Å²) in [4.78, 5) is 18.0. The van der Waals surface area contributed by atoms with Gasteiger partial charge in [0.1, 0.15) is 5.82 Å². The number of hydrogen-bond acceptors (Lipinski definition) is 7. The van der Waals surface area contributed by atoms with Crippen LogP contribution in [0.2, 0.25) is 0 Å². The van der Waals surface area contributed by atoms with Gasteiger partial charge in [0.05, 0.1) is 23.8 Å². The molecule has 2 aromatic heterocycles. The highest BCUT2D eigenvalue weighted by molar-refractivity contribution is 5.81. The molecule has 0 amide bonds. The Kier molecular flexibility index (Phi) is 4.73. The molecule has 0 aliphatic carbocycles. The molecule has 0 fully saturated rings. The minimum absolute atomic E-state index is 0.00438. The molecule has 4 rings (SSSR count). The van der Waals surface area contributed by atoms with Gasteiger partial charge in [-0.25, -0.2) is 4.98 Å². The molecule has 0 saturated carbocycles. The lowest BCUT2D eigenvalue weighted by atomic mass is 10.2. The van der Waals surface area contributed by atoms with Crippen molar-refractivity contribution < 1.29 is 9.23 Å². The molecule has 0 radical (unpaired) electrons. The summed E-state index contributed by atoms with van der Waals surface area (Å²) in [6.45, 7) is 3.80. The summed E-state index contributed by atoms with van der Waals surface area (Å²) < 4.78 is 16.3. The van der Waals surface area contributed by atoms with Gasteiger partial charge in [0, 0.05) is 5.69 Å². The second-order valence-electron chi connectivity index (χ2n) is 6.57. The van der Waals surface area contributed by atoms with Crippen molar-refractivity contribution in [1.29, 1.82) is 0 Å². The zero-order valence-electron chi connectivity index (χ0n) is 16.2. The normalized spacial score (nSPS) is 11.0. The quantitative estimate of drug-likeness (QED) is 0.442. The number of benzene rings is 2. The highest BCUT2D eigenvalue weighted by atomic mass is 19.1. The average molecular weight is 393 g/mol. The maximum absolute atomic E-state index is 14.6. The lowest BCUT2D eigenvalue weighted by Gasteiger charge is -2.12. The lowest BCUT2D eigenvalue weighted by Crippen LogP contribution is -2.10. The second kappa shape index (κ2) is 7.36. The standard InChI is InChI=1S/C20H20FN7O/c1-11-4-6-13(7-5-11)24-19-17(21)18(22)25-20(26-19)28-12(2)23-15-10-14(27-29-3)8-9-16(15)28/h4-10,27H,1-3H3,(H3,22,24,25,26). The molecule has 4 N–H and O–H groups in total. The Morgan fingerprint density at radius 3 is 2.45 bits per heavy atom. The van der Waals surface area contributed by atoms with E-state index >= 15 is 0 Å². The van der Waals surface area contributed by atoms with Gasteiger partial charge in [-0.15, -0.1) is 0 Å². The molecule has 0 saturated heterocycles. The van der Waals surface area contributed by atoms with Gasteiger partial charge >= 0.3 is 0 Å². The first-order chi connectivity index (χ1) is 14.0. The average Bonchev–Trinajstić information content (AvgIpc) is 3.02. The van der Waals surface area contributed by atoms with Crippen LogP contribution < -0.4 is 16.5 Å². The SMILES string of the molecule is CONc1ccc2c(c1)nc(C)n2-c1nc(N)c(F)c(Nc2ccc(C)cc2)n1. The molecule has 0 aliphatic heterocycles. The van der Waals surface area contributed by atoms with Crippen LogP contribution in [-0.4, -0.2) is 26.6 Å². The first kappa shape index (κ1) is 18.6. The van der Waals surface area contributed by atoms with Crippen molar-refractivity contribution in [3.63, 3.8) is 0 Å². The van der Waals surface area contributed by atoms with Crippen molar-refractivity contribution in [1.82, 2.24) is 19.5 Å². The summed E-state index contributed by atoms with van der Waals surface area (Å²) in [5.74, 6) is -0.0883. The molecule has 0 atom stereocenters. The van der Waals surface area contributed by atoms with Crippen molar-refractivity contribution in [2.75, 3.05) is 23.6 Å². The Morgan fingerprint density at radius 1 is 1.00 bits per heavy atom. The maximum Gasteiger partial charge on any atom is 0.239 e. The van der Waals surface area contributed by atoms with Gasteiger partial charge in [0.25, 0.3) is 0 Å². The second-order valence-corrected chi connectivity index (χ2v) is 6.57. The third-order valence-electron chi connectivity index (χ3n) is 4.42. The molecule has 148 valence electrons. The molecule has 0 aliphatic rings. The number of nitrogens with two attached hydrogens (primary N) is 1. The van der Waals surface area contributed by atoms with E-state index in [9.17, 15) is 4.39 Å². The van der Waals surface area contributed by atoms with E-state index in [2.05, 4.69) is 25.7 Å². The number of halogens is 1. The van der Waals surface area contributed by atoms with Gasteiger partial charge in [0.15, 0.2) is 11.6 Å². The van der Waals surface area contributed by atoms with Crippen LogP contribution in [0.3, 0.4) is 0 Å². The van der Waals surface area contributed by atoms with E-state index in [1.165, 1.54) is 7.11 Å². The third-order valence-corrected chi connectivity index (χ3v) is 4.42. The molecule has 0 spiro atoms. The fraction of sp³-hybridized carbons (Fsp3) is 0.150. The van der Waals surface area contributed by atoms with Crippen molar-refractivity contribution in [2.45, 2.75) is 13.8 Å². The Hall–Kier alpha value is -3.72. The molecule has 29 heavy (non-hydrogen) atoms. The number of hydrogen-bond donors (Lipinski definition) is 3. The van der Waals surface area contributed by atoms with E-state index in [1.54, 1.807) is 4.57 Å². The van der Waals surface area contributed by atoms with E-state index in [0.29, 0.717) is 17.0 Å². The van der Waals surface area contributed by atoms with E-state index in [4.69, 9.17) is 10.6 Å². The number of nitrogen functional groups attached to an aromatic ring is 1. The van der Waals surface area contributed by atoms with Crippen LogP contribution >= 0.6 is 0 Å². The van der Waals surface area contributed by atoms with Crippen molar-refractivity contribution in [3.8, 4) is 5.95 Å². The number of rotatable bonds is 5. The summed E-state index contributed by atoms with van der Waals surface area (Å²) in [5.41, 5.74) is 12.6. The van der Waals surface area contributed by atoms with E-state index in [0.717, 1.165) is 16.8 Å². The van der Waals surface area contributed by atoms with Gasteiger partial charge in [0.2, 0.25) is 11.8 Å². The van der Waals surface area contributed by atoms with Gasteiger partial charge < -0.3 is 11.1 Å². The molecule has 2 aromatic carbocycles. The van der Waals surface area contributed by atoms with Gasteiger partial charge in [-0.3, -0.25) is 14.9 Å². The highest BCUT2D eigenvalue weighted by Gasteiger charge is 2.18. The van der Waals surface area contributed by atoms with Crippen molar-refractivity contribution in [3.05, 3.63) is 59.7 Å². The van der Waals surface area contributed by atoms with E-state index < -0.39 is 5.82 Å². The minimum atomic E-state index is -0.706. The number of nitrogens with zero attached hydrogens (tertiary/aromatic N) is 4. The number of fused-ring (bicyclic) bond motifs is 1. The van der Waals surface area contributed by atoms with E-state index in [1.807, 2.05) is 56.3 Å². The molecular formula is C20H20FN7O. The molecule has 0 bridgehead atoms. The molecular weight excluding hydrogens is 373 g/mol. The van der Waals surface area contributed by atoms with Gasteiger partial charge in [-0.1, -0.05) is 17.7 Å². The van der Waals surface area contributed by atoms with Crippen LogP contribution in [-0.2, 0) is 4.84 Å². The number of aromatic nitrogens is 4. The zero-order chi connectivity index (χ0) is 20.5. The zero-order valence-corrected chi connectivity index (χ0v) is 16.2. The highest BCUT2D eigenvalue weighted by Crippen LogP contribution is 2.26. The predicted molar refractivity (Wildman–Crippen MR) is 111 cm³/mol. The van der Waals surface area contributed by atoms with Crippen LogP contribution in [0, 0.1) is 19.7 Å². The summed E-state index contributed by atoms with van der Waals surface area (Å²) in [6, 6.07) is 13.1. The monoisotopic (exact) mass is 393 g/mol. The Morgan fingerprint density at radius 2 is 1.72 bits per heavy atom. The van der Waals surface area contributed by atoms with Crippen LogP contribution in [0.25, 0.3) is 17.0 Å². The van der Waals surface area contributed by atoms with Gasteiger partial charge in [-0.2, -0.15) is 14.4 Å². The molecule has 4 aromatic rings. The Bertz CT molecular complexity index is 1190. The number of anilines is 4. The van der Waals surface area contributed by atoms with Crippen LogP contribution in [0.1, 0.15) is 11.4 Å². The first-order valence-corrected chi connectivity index (χ1v) is 8.91. The third kappa shape index (κ3) is 3.55. The number of nitrogens with one attached hydrogen (secondary N) is 2. The molecule has 2 heterocycles. The maximum atomic E-state index is 14.6.